The summed E-state index contributed by atoms with van der Waals surface area (Å²) in [5.74, 6) is -0.262. The number of likely N-dealkylation sites (N-methyl/N-ethyl adjacent to an activating group) is 1. The third kappa shape index (κ3) is 5.10. The topological polar surface area (TPSA) is 88.2 Å². The summed E-state index contributed by atoms with van der Waals surface area (Å²) < 4.78 is 26.9. The smallest absolute Gasteiger partial charge is 0.242 e. The van der Waals surface area contributed by atoms with Gasteiger partial charge in [-0.3, -0.25) is 4.79 Å². The number of nitrogens with zero attached hydrogens (tertiary/aromatic N) is 1. The molecule has 0 spiro atoms. The number of nitrogens with one attached hydrogen (secondary N) is 2. The molecule has 0 saturated heterocycles. The number of hydrogen-bond donors (Lipinski definition) is 2. The Morgan fingerprint density at radius 3 is 2.48 bits per heavy atom. The van der Waals surface area contributed by atoms with Crippen LogP contribution < -0.4 is 10.0 Å². The second kappa shape index (κ2) is 7.40. The molecule has 1 aromatic rings. The summed E-state index contributed by atoms with van der Waals surface area (Å²) in [6.07, 6.45) is 1.46. The lowest BCUT2D eigenvalue weighted by Crippen LogP contribution is -2.46. The third-order valence-electron chi connectivity index (χ3n) is 2.65. The minimum absolute atomic E-state index is 0.0145. The van der Waals surface area contributed by atoms with Gasteiger partial charge < -0.3 is 5.32 Å². The van der Waals surface area contributed by atoms with Crippen molar-refractivity contribution in [2.45, 2.75) is 31.2 Å². The van der Waals surface area contributed by atoms with E-state index in [-0.39, 0.29) is 21.0 Å². The molecule has 1 unspecified atom stereocenters. The van der Waals surface area contributed by atoms with Crippen molar-refractivity contribution in [1.29, 1.82) is 0 Å². The Bertz CT molecular complexity index is 620. The van der Waals surface area contributed by atoms with Gasteiger partial charge in [0.05, 0.1) is 5.02 Å². The highest BCUT2D eigenvalue weighted by Gasteiger charge is 2.26. The average molecular weight is 354 g/mol. The maximum atomic E-state index is 12.3. The zero-order chi connectivity index (χ0) is 16.2. The lowest BCUT2D eigenvalue weighted by molar-refractivity contribution is -0.122. The van der Waals surface area contributed by atoms with E-state index in [9.17, 15) is 13.2 Å². The molecule has 21 heavy (non-hydrogen) atoms. The van der Waals surface area contributed by atoms with E-state index in [4.69, 9.17) is 23.2 Å². The van der Waals surface area contributed by atoms with Gasteiger partial charge in [-0.15, -0.1) is 0 Å². The largest absolute Gasteiger partial charge is 0.358 e. The van der Waals surface area contributed by atoms with Crippen LogP contribution in [0.1, 0.15) is 20.3 Å². The van der Waals surface area contributed by atoms with Gasteiger partial charge >= 0.3 is 0 Å². The van der Waals surface area contributed by atoms with Crippen LogP contribution in [-0.2, 0) is 14.8 Å². The van der Waals surface area contributed by atoms with Crippen molar-refractivity contribution in [2.24, 2.45) is 5.92 Å². The number of sulfonamides is 1. The fraction of sp³-hybridized carbons (Fsp3) is 0.500. The van der Waals surface area contributed by atoms with Gasteiger partial charge in [-0.05, 0) is 18.4 Å². The highest BCUT2D eigenvalue weighted by atomic mass is 35.5. The fourth-order valence-electron chi connectivity index (χ4n) is 1.66. The van der Waals surface area contributed by atoms with E-state index in [0.717, 1.165) is 6.20 Å². The first-order chi connectivity index (χ1) is 9.67. The standard InChI is InChI=1S/C12H17Cl2N3O3S/c1-7(2)4-10(12(18)15-3)17-21(19,20)8-5-9(13)11(14)16-6-8/h5-7,10,17H,4H2,1-3H3,(H,15,18). The van der Waals surface area contributed by atoms with Crippen molar-refractivity contribution in [3.63, 3.8) is 0 Å². The van der Waals surface area contributed by atoms with Gasteiger partial charge in [-0.2, -0.15) is 4.72 Å². The molecule has 118 valence electrons. The molecule has 6 nitrogen and oxygen atoms in total. The molecule has 0 aliphatic heterocycles. The highest BCUT2D eigenvalue weighted by Crippen LogP contribution is 2.22. The van der Waals surface area contributed by atoms with Gasteiger partial charge in [-0.25, -0.2) is 13.4 Å². The normalized spacial score (nSPS) is 13.2. The zero-order valence-electron chi connectivity index (χ0n) is 11.9. The highest BCUT2D eigenvalue weighted by molar-refractivity contribution is 7.89. The molecule has 0 aromatic carbocycles. The van der Waals surface area contributed by atoms with Crippen LogP contribution in [0.4, 0.5) is 0 Å². The molecule has 1 aromatic heterocycles. The molecule has 0 bridgehead atoms. The summed E-state index contributed by atoms with van der Waals surface area (Å²) in [5, 5.41) is 2.48. The summed E-state index contributed by atoms with van der Waals surface area (Å²) >= 11 is 11.4. The number of hydrogen-bond acceptors (Lipinski definition) is 4. The van der Waals surface area contributed by atoms with Crippen molar-refractivity contribution in [3.05, 3.63) is 22.4 Å². The number of carbonyl (C=O) groups excluding carboxylic acids is 1. The Kier molecular flexibility index (Phi) is 6.40. The lowest BCUT2D eigenvalue weighted by Gasteiger charge is -2.19. The molecule has 0 aliphatic carbocycles. The first-order valence-corrected chi connectivity index (χ1v) is 8.46. The van der Waals surface area contributed by atoms with Crippen molar-refractivity contribution in [3.8, 4) is 0 Å². The quantitative estimate of drug-likeness (QED) is 0.763. The number of carbonyl (C=O) groups is 1. The summed E-state index contributed by atoms with van der Waals surface area (Å²) in [4.78, 5) is 15.3. The third-order valence-corrected chi connectivity index (χ3v) is 4.77. The maximum absolute atomic E-state index is 12.3. The zero-order valence-corrected chi connectivity index (χ0v) is 14.2. The molecular formula is C12H17Cl2N3O3S. The Balaban J connectivity index is 3.05. The molecule has 1 rings (SSSR count). The fourth-order valence-corrected chi connectivity index (χ4v) is 3.17. The van der Waals surface area contributed by atoms with E-state index in [0.29, 0.717) is 6.42 Å². The van der Waals surface area contributed by atoms with Crippen LogP contribution in [0.15, 0.2) is 17.2 Å². The number of aromatic nitrogens is 1. The molecular weight excluding hydrogens is 337 g/mol. The van der Waals surface area contributed by atoms with E-state index in [2.05, 4.69) is 15.0 Å². The molecule has 1 amide bonds. The molecule has 0 radical (unpaired) electrons. The molecule has 0 aliphatic rings. The average Bonchev–Trinajstić information content (AvgIpc) is 2.39. The number of halogens is 2. The van der Waals surface area contributed by atoms with Crippen LogP contribution in [0.5, 0.6) is 0 Å². The van der Waals surface area contributed by atoms with Crippen LogP contribution in [0, 0.1) is 5.92 Å². The van der Waals surface area contributed by atoms with E-state index >= 15 is 0 Å². The number of rotatable bonds is 6. The molecule has 9 heteroatoms. The molecule has 1 atom stereocenters. The summed E-state index contributed by atoms with van der Waals surface area (Å²) in [6.45, 7) is 3.79. The van der Waals surface area contributed by atoms with Crippen LogP contribution in [0.2, 0.25) is 10.2 Å². The van der Waals surface area contributed by atoms with Crippen LogP contribution in [0.25, 0.3) is 0 Å². The van der Waals surface area contributed by atoms with Crippen LogP contribution >= 0.6 is 23.2 Å². The van der Waals surface area contributed by atoms with Crippen molar-refractivity contribution in [2.75, 3.05) is 7.05 Å². The van der Waals surface area contributed by atoms with Gasteiger partial charge in [0.1, 0.15) is 16.1 Å². The van der Waals surface area contributed by atoms with Gasteiger partial charge in [0.15, 0.2) is 0 Å². The maximum Gasteiger partial charge on any atom is 0.242 e. The summed E-state index contributed by atoms with van der Waals surface area (Å²) in [6, 6.07) is 0.324. The predicted molar refractivity (Wildman–Crippen MR) is 81.9 cm³/mol. The SMILES string of the molecule is CNC(=O)C(CC(C)C)NS(=O)(=O)c1cnc(Cl)c(Cl)c1. The number of pyridine rings is 1. The summed E-state index contributed by atoms with van der Waals surface area (Å²) in [5.41, 5.74) is 0. The van der Waals surface area contributed by atoms with Crippen molar-refractivity contribution >= 4 is 39.1 Å². The Labute approximate surface area is 134 Å². The molecule has 2 N–H and O–H groups in total. The minimum atomic E-state index is -3.92. The van der Waals surface area contributed by atoms with Gasteiger partial charge in [0.2, 0.25) is 15.9 Å². The van der Waals surface area contributed by atoms with E-state index < -0.39 is 22.0 Å². The first-order valence-electron chi connectivity index (χ1n) is 6.22. The minimum Gasteiger partial charge on any atom is -0.358 e. The lowest BCUT2D eigenvalue weighted by atomic mass is 10.0. The molecule has 0 fully saturated rings. The van der Waals surface area contributed by atoms with Crippen LogP contribution in [-0.4, -0.2) is 32.4 Å². The number of amides is 1. The summed E-state index contributed by atoms with van der Waals surface area (Å²) in [7, 11) is -2.47. The van der Waals surface area contributed by atoms with Gasteiger partial charge in [-0.1, -0.05) is 37.0 Å². The van der Waals surface area contributed by atoms with Crippen molar-refractivity contribution < 1.29 is 13.2 Å². The first kappa shape index (κ1) is 18.2. The Morgan fingerprint density at radius 2 is 2.00 bits per heavy atom. The molecule has 1 heterocycles. The van der Waals surface area contributed by atoms with Crippen LogP contribution in [0.3, 0.4) is 0 Å². The van der Waals surface area contributed by atoms with Gasteiger partial charge in [0, 0.05) is 13.2 Å². The Morgan fingerprint density at radius 1 is 1.38 bits per heavy atom. The van der Waals surface area contributed by atoms with E-state index in [1.165, 1.54) is 13.1 Å². The Hall–Kier alpha value is -0.890. The monoisotopic (exact) mass is 353 g/mol. The van der Waals surface area contributed by atoms with Crippen molar-refractivity contribution in [1.82, 2.24) is 15.0 Å². The van der Waals surface area contributed by atoms with E-state index in [1.807, 2.05) is 13.8 Å². The predicted octanol–water partition coefficient (Wildman–Crippen LogP) is 1.83. The second-order valence-electron chi connectivity index (χ2n) is 4.86. The second-order valence-corrected chi connectivity index (χ2v) is 7.34. The molecule has 0 saturated carbocycles. The van der Waals surface area contributed by atoms with Gasteiger partial charge in [0.25, 0.3) is 0 Å². The van der Waals surface area contributed by atoms with E-state index in [1.54, 1.807) is 0 Å².